The van der Waals surface area contributed by atoms with E-state index in [0.29, 0.717) is 11.4 Å². The minimum absolute atomic E-state index is 0.0869. The molecule has 2 aromatic carbocycles. The number of H-pyrrole nitrogens is 1. The van der Waals surface area contributed by atoms with Crippen LogP contribution in [0, 0.1) is 12.8 Å². The molecule has 11 heteroatoms. The number of carbonyl (C=O) groups excluding carboxylic acids is 1. The molecule has 2 aromatic heterocycles. The lowest BCUT2D eigenvalue weighted by Crippen LogP contribution is -2.34. The Morgan fingerprint density at radius 2 is 1.78 bits per heavy atom. The van der Waals surface area contributed by atoms with Crippen LogP contribution in [0.2, 0.25) is 5.02 Å². The van der Waals surface area contributed by atoms with Crippen molar-refractivity contribution >= 4 is 34.4 Å². The summed E-state index contributed by atoms with van der Waals surface area (Å²) in [5.41, 5.74) is 2.01. The Morgan fingerprint density at radius 3 is 2.44 bits per heavy atom. The molecule has 0 unspecified atom stereocenters. The van der Waals surface area contributed by atoms with E-state index < -0.39 is 41.3 Å². The normalized spacial score (nSPS) is 17.6. The van der Waals surface area contributed by atoms with E-state index >= 15 is 0 Å². The number of nitrogens with zero attached hydrogens (tertiary/aromatic N) is 3. The average Bonchev–Trinajstić information content (AvgIpc) is 3.53. The van der Waals surface area contributed by atoms with Gasteiger partial charge in [0.2, 0.25) is 0 Å². The van der Waals surface area contributed by atoms with Crippen LogP contribution in [-0.4, -0.2) is 43.2 Å². The number of aromatic amines is 1. The highest BCUT2D eigenvalue weighted by molar-refractivity contribution is 6.30. The first-order chi connectivity index (χ1) is 19.5. The third kappa shape index (κ3) is 6.12. The maximum atomic E-state index is 14.5. The third-order valence-electron chi connectivity index (χ3n) is 7.92. The second-order valence-electron chi connectivity index (χ2n) is 10.6. The molecule has 7 nitrogen and oxygen atoms in total. The summed E-state index contributed by atoms with van der Waals surface area (Å²) in [6.45, 7) is 2.20. The zero-order chi connectivity index (χ0) is 29.3. The van der Waals surface area contributed by atoms with Crippen LogP contribution in [0.5, 0.6) is 0 Å². The zero-order valence-electron chi connectivity index (χ0n) is 22.4. The summed E-state index contributed by atoms with van der Waals surface area (Å²) in [5, 5.41) is 14.8. The molecule has 1 amide bonds. The lowest BCUT2D eigenvalue weighted by atomic mass is 9.86. The largest absolute Gasteiger partial charge is 0.481 e. The molecule has 2 heterocycles. The average molecular weight is 587 g/mol. The van der Waals surface area contributed by atoms with Gasteiger partial charge >= 0.3 is 12.1 Å². The van der Waals surface area contributed by atoms with Crippen LogP contribution in [-0.2, 0) is 23.9 Å². The highest BCUT2D eigenvalue weighted by Crippen LogP contribution is 2.39. The van der Waals surface area contributed by atoms with Gasteiger partial charge in [0.05, 0.1) is 23.7 Å². The molecule has 5 rings (SSSR count). The van der Waals surface area contributed by atoms with Gasteiger partial charge in [-0.2, -0.15) is 18.3 Å². The summed E-state index contributed by atoms with van der Waals surface area (Å²) < 4.78 is 44.4. The number of amides is 1. The highest BCUT2D eigenvalue weighted by Gasteiger charge is 2.43. The fourth-order valence-electron chi connectivity index (χ4n) is 5.78. The molecule has 0 bridgehead atoms. The van der Waals surface area contributed by atoms with E-state index in [1.807, 2.05) is 31.2 Å². The van der Waals surface area contributed by atoms with Crippen LogP contribution in [0.15, 0.2) is 54.7 Å². The third-order valence-corrected chi connectivity index (χ3v) is 8.17. The molecule has 4 aromatic rings. The van der Waals surface area contributed by atoms with Crippen molar-refractivity contribution in [3.05, 3.63) is 87.8 Å². The van der Waals surface area contributed by atoms with Crippen molar-refractivity contribution < 1.29 is 27.9 Å². The number of rotatable bonds is 8. The Labute approximate surface area is 239 Å². The van der Waals surface area contributed by atoms with E-state index in [0.717, 1.165) is 38.6 Å². The quantitative estimate of drug-likeness (QED) is 0.231. The van der Waals surface area contributed by atoms with Crippen molar-refractivity contribution in [1.29, 1.82) is 0 Å². The molecule has 0 aliphatic heterocycles. The van der Waals surface area contributed by atoms with Crippen LogP contribution in [0.1, 0.15) is 64.6 Å². The van der Waals surface area contributed by atoms with Crippen molar-refractivity contribution in [2.75, 3.05) is 6.54 Å². The Morgan fingerprint density at radius 1 is 1.10 bits per heavy atom. The molecule has 1 aliphatic carbocycles. The van der Waals surface area contributed by atoms with Crippen molar-refractivity contribution in [3.8, 4) is 0 Å². The van der Waals surface area contributed by atoms with Crippen molar-refractivity contribution in [2.24, 2.45) is 5.92 Å². The van der Waals surface area contributed by atoms with Crippen molar-refractivity contribution in [2.45, 2.75) is 57.8 Å². The van der Waals surface area contributed by atoms with Crippen LogP contribution in [0.25, 0.3) is 10.9 Å². The maximum absolute atomic E-state index is 14.5. The van der Waals surface area contributed by atoms with E-state index in [-0.39, 0.29) is 38.8 Å². The van der Waals surface area contributed by atoms with Gasteiger partial charge in [0.1, 0.15) is 0 Å². The number of para-hydroxylation sites is 1. The van der Waals surface area contributed by atoms with Gasteiger partial charge in [0, 0.05) is 34.7 Å². The second kappa shape index (κ2) is 11.6. The minimum Gasteiger partial charge on any atom is -0.481 e. The van der Waals surface area contributed by atoms with Gasteiger partial charge in [0.15, 0.2) is 5.69 Å². The van der Waals surface area contributed by atoms with Gasteiger partial charge in [-0.05, 0) is 68.4 Å². The molecule has 1 saturated carbocycles. The summed E-state index contributed by atoms with van der Waals surface area (Å²) in [5.74, 6) is -2.30. The molecule has 2 N–H and O–H groups in total. The number of alkyl halides is 3. The predicted molar refractivity (Wildman–Crippen MR) is 149 cm³/mol. The van der Waals surface area contributed by atoms with Gasteiger partial charge in [-0.1, -0.05) is 41.9 Å². The SMILES string of the molecule is Cc1[nH]c2ccccc2c1CCN(Cc1ccc(Cl)cc1)C(=O)c1cnn([C@H]2CC[C@H](C(=O)O)CC2)c1C(F)(F)F. The molecule has 41 heavy (non-hydrogen) atoms. The number of aryl methyl sites for hydroxylation is 1. The number of fused-ring (bicyclic) bond motifs is 1. The van der Waals surface area contributed by atoms with Crippen molar-refractivity contribution in [3.63, 3.8) is 0 Å². The number of hydrogen-bond acceptors (Lipinski definition) is 3. The first-order valence-corrected chi connectivity index (χ1v) is 13.9. The van der Waals surface area contributed by atoms with E-state index in [1.165, 1.54) is 4.90 Å². The molecule has 0 atom stereocenters. The second-order valence-corrected chi connectivity index (χ2v) is 11.0. The first kappa shape index (κ1) is 28.7. The van der Waals surface area contributed by atoms with Gasteiger partial charge in [0.25, 0.3) is 5.91 Å². The molecular formula is C30H30ClF3N4O3. The molecule has 1 fully saturated rings. The number of nitrogens with one attached hydrogen (secondary N) is 1. The van der Waals surface area contributed by atoms with Gasteiger partial charge in [-0.15, -0.1) is 0 Å². The first-order valence-electron chi connectivity index (χ1n) is 13.5. The Balaban J connectivity index is 1.46. The van der Waals surface area contributed by atoms with E-state index in [1.54, 1.807) is 24.3 Å². The van der Waals surface area contributed by atoms with E-state index in [2.05, 4.69) is 10.1 Å². The lowest BCUT2D eigenvalue weighted by molar-refractivity contribution is -0.147. The molecule has 0 radical (unpaired) electrons. The monoisotopic (exact) mass is 586 g/mol. The maximum Gasteiger partial charge on any atom is 0.433 e. The van der Waals surface area contributed by atoms with Gasteiger partial charge < -0.3 is 15.0 Å². The zero-order valence-corrected chi connectivity index (χ0v) is 23.2. The standard InChI is InChI=1S/C30H30ClF3N4O3/c1-18-23(24-4-2-3-5-26(24)36-18)14-15-37(17-19-6-10-21(31)11-7-19)28(39)25-16-35-38(27(25)30(32,33)34)22-12-8-20(9-13-22)29(40)41/h2-7,10-11,16,20,22,36H,8-9,12-15,17H2,1H3,(H,40,41)/t20-,22-. The number of aromatic nitrogens is 3. The van der Waals surface area contributed by atoms with Gasteiger partial charge in [-0.25, -0.2) is 0 Å². The molecule has 1 aliphatic rings. The number of carbonyl (C=O) groups is 2. The molecule has 0 spiro atoms. The summed E-state index contributed by atoms with van der Waals surface area (Å²) in [7, 11) is 0. The highest BCUT2D eigenvalue weighted by atomic mass is 35.5. The van der Waals surface area contributed by atoms with Crippen molar-refractivity contribution in [1.82, 2.24) is 19.7 Å². The van der Waals surface area contributed by atoms with Crippen LogP contribution >= 0.6 is 11.6 Å². The number of hydrogen-bond donors (Lipinski definition) is 2. The molecular weight excluding hydrogens is 557 g/mol. The Hall–Kier alpha value is -3.79. The van der Waals surface area contributed by atoms with E-state index in [4.69, 9.17) is 11.6 Å². The molecule has 0 saturated heterocycles. The topological polar surface area (TPSA) is 91.2 Å². The van der Waals surface area contributed by atoms with E-state index in [9.17, 15) is 27.9 Å². The number of benzene rings is 2. The van der Waals surface area contributed by atoms with Gasteiger partial charge in [-0.3, -0.25) is 14.3 Å². The lowest BCUT2D eigenvalue weighted by Gasteiger charge is -2.28. The summed E-state index contributed by atoms with van der Waals surface area (Å²) in [4.78, 5) is 30.0. The number of halogens is 4. The Bertz CT molecular complexity index is 1550. The summed E-state index contributed by atoms with van der Waals surface area (Å²) >= 11 is 6.03. The fraction of sp³-hybridized carbons (Fsp3) is 0.367. The van der Waals surface area contributed by atoms with Crippen LogP contribution in [0.3, 0.4) is 0 Å². The Kier molecular flexibility index (Phi) is 8.13. The smallest absolute Gasteiger partial charge is 0.433 e. The minimum atomic E-state index is -4.83. The number of carboxylic acid groups (broad SMARTS) is 1. The summed E-state index contributed by atoms with van der Waals surface area (Å²) in [6.07, 6.45) is -2.40. The summed E-state index contributed by atoms with van der Waals surface area (Å²) in [6, 6.07) is 14.0. The molecule has 216 valence electrons. The fourth-order valence-corrected chi connectivity index (χ4v) is 5.91. The van der Waals surface area contributed by atoms with Crippen LogP contribution < -0.4 is 0 Å². The number of carboxylic acids is 1. The van der Waals surface area contributed by atoms with Crippen LogP contribution in [0.4, 0.5) is 13.2 Å². The predicted octanol–water partition coefficient (Wildman–Crippen LogP) is 7.05. The number of aliphatic carboxylic acids is 1.